The Morgan fingerprint density at radius 3 is 1.64 bits per heavy atom. The van der Waals surface area contributed by atoms with Gasteiger partial charge >= 0.3 is 20.1 Å². The third-order valence-corrected chi connectivity index (χ3v) is 8.40. The first-order valence-corrected chi connectivity index (χ1v) is 16.6. The first-order chi connectivity index (χ1) is 24.0. The van der Waals surface area contributed by atoms with Gasteiger partial charge in [-0.25, -0.2) is 0 Å². The van der Waals surface area contributed by atoms with Gasteiger partial charge in [0.1, 0.15) is 5.58 Å². The summed E-state index contributed by atoms with van der Waals surface area (Å²) in [7, 11) is 0. The van der Waals surface area contributed by atoms with E-state index >= 15 is 0 Å². The van der Waals surface area contributed by atoms with Gasteiger partial charge < -0.3 is 19.4 Å². The second-order valence-electron chi connectivity index (χ2n) is 11.7. The molecule has 0 atom stereocenters. The minimum atomic E-state index is 0. The Kier molecular flexibility index (Phi) is 12.6. The van der Waals surface area contributed by atoms with Crippen molar-refractivity contribution in [1.82, 2.24) is 15.0 Å². The van der Waals surface area contributed by atoms with Crippen molar-refractivity contribution >= 4 is 21.9 Å². The zero-order chi connectivity index (χ0) is 34.0. The Morgan fingerprint density at radius 2 is 1.12 bits per heavy atom. The first kappa shape index (κ1) is 36.1. The fourth-order valence-corrected chi connectivity index (χ4v) is 5.33. The van der Waals surface area contributed by atoms with Crippen LogP contribution >= 0.6 is 0 Å². The molecule has 0 fully saturated rings. The Hall–Kier alpha value is -5.22. The summed E-state index contributed by atoms with van der Waals surface area (Å²) in [5.41, 5.74) is 12.6. The summed E-state index contributed by atoms with van der Waals surface area (Å²) in [5.74, 6) is 0. The van der Waals surface area contributed by atoms with E-state index in [1.165, 1.54) is 22.3 Å². The zero-order valence-electron chi connectivity index (χ0n) is 28.7. The SMILES string of the molecule is CCc1ccc(-c2[c-]cccc2)nc1.CCc1ccc(-c2[c-]cccc2)nc1.Cc1cnc(-c2[c-]ccc3c2oc2ccccc23)cc1C.[Ir+3]. The topological polar surface area (TPSA) is 51.8 Å². The van der Waals surface area contributed by atoms with E-state index in [1.54, 1.807) is 0 Å². The number of hydrogen-bond acceptors (Lipinski definition) is 4. The van der Waals surface area contributed by atoms with Crippen molar-refractivity contribution in [3.05, 3.63) is 174 Å². The van der Waals surface area contributed by atoms with E-state index < -0.39 is 0 Å². The van der Waals surface area contributed by atoms with Gasteiger partial charge in [-0.15, -0.1) is 90.0 Å². The number of para-hydroxylation sites is 1. The van der Waals surface area contributed by atoms with Crippen molar-refractivity contribution in [2.45, 2.75) is 40.5 Å². The summed E-state index contributed by atoms with van der Waals surface area (Å²) < 4.78 is 6.04. The van der Waals surface area contributed by atoms with Crippen molar-refractivity contribution < 1.29 is 24.5 Å². The molecule has 8 aromatic rings. The maximum atomic E-state index is 6.04. The van der Waals surface area contributed by atoms with Crippen molar-refractivity contribution in [2.75, 3.05) is 0 Å². The van der Waals surface area contributed by atoms with Crippen molar-refractivity contribution in [2.24, 2.45) is 0 Å². The van der Waals surface area contributed by atoms with Crippen LogP contribution in [0.15, 0.2) is 138 Å². The van der Waals surface area contributed by atoms with E-state index in [4.69, 9.17) is 4.42 Å². The molecule has 0 N–H and O–H groups in total. The van der Waals surface area contributed by atoms with Crippen LogP contribution in [-0.4, -0.2) is 15.0 Å². The summed E-state index contributed by atoms with van der Waals surface area (Å²) >= 11 is 0. The quantitative estimate of drug-likeness (QED) is 0.162. The minimum Gasteiger partial charge on any atom is -0.501 e. The average molecular weight is 829 g/mol. The van der Waals surface area contributed by atoms with Crippen molar-refractivity contribution in [3.8, 4) is 33.8 Å². The van der Waals surface area contributed by atoms with Gasteiger partial charge in [-0.2, -0.15) is 0 Å². The molecule has 5 heteroatoms. The summed E-state index contributed by atoms with van der Waals surface area (Å²) in [6, 6.07) is 47.9. The molecule has 0 unspecified atom stereocenters. The van der Waals surface area contributed by atoms with Crippen LogP contribution < -0.4 is 0 Å². The van der Waals surface area contributed by atoms with Gasteiger partial charge in [0.2, 0.25) is 0 Å². The molecule has 0 amide bonds. The van der Waals surface area contributed by atoms with Crippen LogP contribution in [0.5, 0.6) is 0 Å². The maximum Gasteiger partial charge on any atom is 3.00 e. The van der Waals surface area contributed by atoms with Gasteiger partial charge in [0.15, 0.2) is 0 Å². The van der Waals surface area contributed by atoms with E-state index in [-0.39, 0.29) is 20.1 Å². The summed E-state index contributed by atoms with van der Waals surface area (Å²) in [4.78, 5) is 13.3. The molecule has 0 saturated carbocycles. The van der Waals surface area contributed by atoms with Crippen LogP contribution in [0.25, 0.3) is 55.7 Å². The van der Waals surface area contributed by atoms with Crippen molar-refractivity contribution in [3.63, 3.8) is 0 Å². The average Bonchev–Trinajstić information content (AvgIpc) is 3.56. The minimum absolute atomic E-state index is 0. The fourth-order valence-electron chi connectivity index (χ4n) is 5.33. The van der Waals surface area contributed by atoms with E-state index in [0.717, 1.165) is 68.6 Å². The number of nitrogens with zero attached hydrogens (tertiary/aromatic N) is 3. The van der Waals surface area contributed by atoms with Gasteiger partial charge in [-0.3, -0.25) is 0 Å². The summed E-state index contributed by atoms with van der Waals surface area (Å²) in [6.45, 7) is 8.42. The number of fused-ring (bicyclic) bond motifs is 3. The number of aromatic nitrogens is 3. The molecule has 4 aromatic carbocycles. The van der Waals surface area contributed by atoms with Crippen molar-refractivity contribution in [1.29, 1.82) is 0 Å². The van der Waals surface area contributed by atoms with Crippen LogP contribution in [0.1, 0.15) is 36.1 Å². The normalized spacial score (nSPS) is 10.4. The Bertz CT molecular complexity index is 2160. The van der Waals surface area contributed by atoms with Crippen LogP contribution in [0.2, 0.25) is 0 Å². The number of pyridine rings is 3. The summed E-state index contributed by atoms with van der Waals surface area (Å²) in [5, 5.41) is 2.24. The molecule has 4 aromatic heterocycles. The molecule has 0 aliphatic heterocycles. The predicted octanol–water partition coefficient (Wildman–Crippen LogP) is 11.3. The third-order valence-electron chi connectivity index (χ3n) is 8.40. The van der Waals surface area contributed by atoms with Gasteiger partial charge in [-0.05, 0) is 66.5 Å². The van der Waals surface area contributed by atoms with Gasteiger partial charge in [0.25, 0.3) is 0 Å². The van der Waals surface area contributed by atoms with Gasteiger partial charge in [0, 0.05) is 24.0 Å². The molecule has 4 heterocycles. The number of benzene rings is 4. The molecule has 50 heavy (non-hydrogen) atoms. The van der Waals surface area contributed by atoms with E-state index in [0.29, 0.717) is 0 Å². The van der Waals surface area contributed by atoms with E-state index in [9.17, 15) is 0 Å². The summed E-state index contributed by atoms with van der Waals surface area (Å²) in [6.07, 6.45) is 7.82. The van der Waals surface area contributed by atoms with Gasteiger partial charge in [-0.1, -0.05) is 78.9 Å². The Balaban J connectivity index is 0.000000149. The molecule has 4 nitrogen and oxygen atoms in total. The maximum absolute atomic E-state index is 6.04. The smallest absolute Gasteiger partial charge is 0.501 e. The number of aryl methyl sites for hydroxylation is 4. The zero-order valence-corrected chi connectivity index (χ0v) is 31.1. The number of hydrogen-bond donors (Lipinski definition) is 0. The number of furan rings is 1. The molecule has 0 bridgehead atoms. The van der Waals surface area contributed by atoms with E-state index in [1.807, 2.05) is 110 Å². The molecular formula is C45H38IrN3O. The largest absolute Gasteiger partial charge is 3.00 e. The molecule has 0 aliphatic rings. The second-order valence-corrected chi connectivity index (χ2v) is 11.7. The standard InChI is InChI=1S/C19H14NO.2C13H12N.Ir/c1-12-10-17(20-11-13(12)2)16-8-5-7-15-14-6-3-4-9-18(14)21-19(15)16;2*1-2-11-8-9-13(14-10-11)12-6-4-3-5-7-12;/h3-7,9-11H,1-2H3;2*3-6,8-10H,2H2,1H3;/q3*-1;+3. The number of rotatable bonds is 5. The molecule has 0 spiro atoms. The third kappa shape index (κ3) is 8.67. The molecular weight excluding hydrogens is 791 g/mol. The molecule has 8 rings (SSSR count). The molecule has 0 aliphatic carbocycles. The Labute approximate surface area is 308 Å². The van der Waals surface area contributed by atoms with Crippen LogP contribution in [0, 0.1) is 32.0 Å². The first-order valence-electron chi connectivity index (χ1n) is 16.6. The monoisotopic (exact) mass is 829 g/mol. The fraction of sp³-hybridized carbons (Fsp3) is 0.133. The van der Waals surface area contributed by atoms with Gasteiger partial charge in [0.05, 0.1) is 5.58 Å². The Morgan fingerprint density at radius 1 is 0.540 bits per heavy atom. The van der Waals surface area contributed by atoms with Crippen LogP contribution in [0.4, 0.5) is 0 Å². The van der Waals surface area contributed by atoms with Crippen LogP contribution in [-0.2, 0) is 32.9 Å². The molecule has 0 saturated heterocycles. The molecule has 248 valence electrons. The predicted molar refractivity (Wildman–Crippen MR) is 201 cm³/mol. The second kappa shape index (κ2) is 17.4. The van der Waals surface area contributed by atoms with E-state index in [2.05, 4.69) is 85.1 Å². The molecule has 0 radical (unpaired) electrons. The van der Waals surface area contributed by atoms with Crippen LogP contribution in [0.3, 0.4) is 0 Å².